The maximum atomic E-state index is 12.0. The molecule has 122 valence electrons. The lowest BCUT2D eigenvalue weighted by atomic mass is 9.91. The molecule has 0 aromatic rings. The zero-order valence-corrected chi connectivity index (χ0v) is 13.9. The van der Waals surface area contributed by atoms with Gasteiger partial charge in [-0.15, -0.1) is 0 Å². The highest BCUT2D eigenvalue weighted by molar-refractivity contribution is 5.80. The average molecular weight is 297 g/mol. The summed E-state index contributed by atoms with van der Waals surface area (Å²) in [5.74, 6) is -0.371. The summed E-state index contributed by atoms with van der Waals surface area (Å²) >= 11 is 0. The van der Waals surface area contributed by atoms with Gasteiger partial charge in [0, 0.05) is 31.7 Å². The first-order valence-corrected chi connectivity index (χ1v) is 8.33. The maximum Gasteiger partial charge on any atom is 0.325 e. The third-order valence-electron chi connectivity index (χ3n) is 5.25. The Morgan fingerprint density at radius 2 is 1.86 bits per heavy atom. The van der Waals surface area contributed by atoms with Crippen molar-refractivity contribution in [3.63, 3.8) is 0 Å². The molecule has 3 unspecified atom stereocenters. The Balaban J connectivity index is 2.09. The Labute approximate surface area is 128 Å². The number of nitrogens with one attached hydrogen (secondary N) is 1. The fraction of sp³-hybridized carbons (Fsp3) is 0.938. The number of rotatable bonds is 7. The van der Waals surface area contributed by atoms with E-state index in [9.17, 15) is 9.90 Å². The number of carbonyl (C=O) groups is 1. The molecular weight excluding hydrogens is 266 g/mol. The molecule has 1 aliphatic heterocycles. The van der Waals surface area contributed by atoms with Crippen molar-refractivity contribution in [2.45, 2.75) is 57.7 Å². The van der Waals surface area contributed by atoms with Crippen molar-refractivity contribution in [3.8, 4) is 0 Å². The smallest absolute Gasteiger partial charge is 0.325 e. The molecule has 21 heavy (non-hydrogen) atoms. The summed E-state index contributed by atoms with van der Waals surface area (Å²) in [7, 11) is 2.16. The van der Waals surface area contributed by atoms with E-state index >= 15 is 0 Å². The molecule has 5 heteroatoms. The minimum atomic E-state index is -0.745. The molecular formula is C16H31N3O2. The van der Waals surface area contributed by atoms with E-state index in [1.165, 1.54) is 0 Å². The second-order valence-electron chi connectivity index (χ2n) is 7.04. The highest BCUT2D eigenvalue weighted by Crippen LogP contribution is 2.41. The molecule has 0 aromatic heterocycles. The summed E-state index contributed by atoms with van der Waals surface area (Å²) in [5.41, 5.74) is -0.745. The summed E-state index contributed by atoms with van der Waals surface area (Å²) in [6, 6.07) is 0.955. The molecule has 0 bridgehead atoms. The summed E-state index contributed by atoms with van der Waals surface area (Å²) in [6.45, 7) is 9.86. The number of carboxylic acid groups (broad SMARTS) is 1. The number of aliphatic carboxylic acids is 1. The number of likely N-dealkylation sites (N-methyl/N-ethyl adjacent to an activating group) is 1. The molecule has 1 saturated carbocycles. The Morgan fingerprint density at radius 3 is 2.29 bits per heavy atom. The predicted octanol–water partition coefficient (Wildman–Crippen LogP) is 1.24. The van der Waals surface area contributed by atoms with Crippen LogP contribution in [0, 0.1) is 5.92 Å². The van der Waals surface area contributed by atoms with Crippen molar-refractivity contribution in [2.24, 2.45) is 5.92 Å². The van der Waals surface area contributed by atoms with Crippen LogP contribution in [-0.4, -0.2) is 71.7 Å². The van der Waals surface area contributed by atoms with Crippen molar-refractivity contribution >= 4 is 5.97 Å². The monoisotopic (exact) mass is 297 g/mol. The number of piperazine rings is 1. The molecule has 0 aromatic carbocycles. The molecule has 2 N–H and O–H groups in total. The topological polar surface area (TPSA) is 55.8 Å². The summed E-state index contributed by atoms with van der Waals surface area (Å²) < 4.78 is 0. The molecule has 3 atom stereocenters. The van der Waals surface area contributed by atoms with E-state index in [0.717, 1.165) is 38.9 Å². The summed E-state index contributed by atoms with van der Waals surface area (Å²) in [4.78, 5) is 16.7. The lowest BCUT2D eigenvalue weighted by Gasteiger charge is -2.45. The standard InChI is InChI=1S/C16H31N3O2/c1-5-8-17-16(15(20)21,14-6-7-14)11-19-9-12(2)18(4)13(3)10-19/h12-14,17H,5-11H2,1-4H3,(H,20,21). The van der Waals surface area contributed by atoms with E-state index in [1.54, 1.807) is 0 Å². The molecule has 2 aliphatic rings. The van der Waals surface area contributed by atoms with Crippen LogP contribution >= 0.6 is 0 Å². The van der Waals surface area contributed by atoms with Gasteiger partial charge < -0.3 is 10.4 Å². The first kappa shape index (κ1) is 16.7. The van der Waals surface area contributed by atoms with E-state index in [2.05, 4.69) is 42.9 Å². The molecule has 5 nitrogen and oxygen atoms in total. The third-order valence-corrected chi connectivity index (χ3v) is 5.25. The molecule has 2 rings (SSSR count). The van der Waals surface area contributed by atoms with Crippen LogP contribution in [-0.2, 0) is 4.79 Å². The Morgan fingerprint density at radius 1 is 1.29 bits per heavy atom. The predicted molar refractivity (Wildman–Crippen MR) is 84.5 cm³/mol. The zero-order valence-electron chi connectivity index (χ0n) is 13.9. The van der Waals surface area contributed by atoms with Crippen LogP contribution in [0.2, 0.25) is 0 Å². The fourth-order valence-corrected chi connectivity index (χ4v) is 3.57. The van der Waals surface area contributed by atoms with Crippen molar-refractivity contribution in [2.75, 3.05) is 33.2 Å². The molecule has 2 fully saturated rings. The van der Waals surface area contributed by atoms with E-state index in [4.69, 9.17) is 0 Å². The van der Waals surface area contributed by atoms with Gasteiger partial charge in [-0.2, -0.15) is 0 Å². The fourth-order valence-electron chi connectivity index (χ4n) is 3.57. The van der Waals surface area contributed by atoms with Gasteiger partial charge >= 0.3 is 5.97 Å². The molecule has 1 heterocycles. The van der Waals surface area contributed by atoms with Crippen molar-refractivity contribution in [1.82, 2.24) is 15.1 Å². The van der Waals surface area contributed by atoms with Gasteiger partial charge in [-0.05, 0) is 52.6 Å². The highest BCUT2D eigenvalue weighted by Gasteiger charge is 2.52. The second kappa shape index (κ2) is 6.63. The van der Waals surface area contributed by atoms with Gasteiger partial charge in [-0.1, -0.05) is 6.92 Å². The minimum absolute atomic E-state index is 0.298. The van der Waals surface area contributed by atoms with Crippen LogP contribution in [0.4, 0.5) is 0 Å². The average Bonchev–Trinajstić information content (AvgIpc) is 3.25. The first-order valence-electron chi connectivity index (χ1n) is 8.33. The van der Waals surface area contributed by atoms with Crippen LogP contribution in [0.25, 0.3) is 0 Å². The first-order chi connectivity index (χ1) is 9.90. The van der Waals surface area contributed by atoms with Crippen LogP contribution < -0.4 is 5.32 Å². The van der Waals surface area contributed by atoms with Crippen molar-refractivity contribution in [1.29, 1.82) is 0 Å². The van der Waals surface area contributed by atoms with E-state index < -0.39 is 11.5 Å². The van der Waals surface area contributed by atoms with Crippen molar-refractivity contribution < 1.29 is 9.90 Å². The molecule has 1 aliphatic carbocycles. The number of nitrogens with zero attached hydrogens (tertiary/aromatic N) is 2. The SMILES string of the molecule is CCCNC(CN1CC(C)N(C)C(C)C1)(C(=O)O)C1CC1. The Hall–Kier alpha value is -0.650. The molecule has 0 amide bonds. The van der Waals surface area contributed by atoms with Gasteiger partial charge in [0.1, 0.15) is 5.54 Å². The van der Waals surface area contributed by atoms with Crippen LogP contribution in [0.15, 0.2) is 0 Å². The van der Waals surface area contributed by atoms with Gasteiger partial charge in [0.15, 0.2) is 0 Å². The maximum absolute atomic E-state index is 12.0. The van der Waals surface area contributed by atoms with Crippen molar-refractivity contribution in [3.05, 3.63) is 0 Å². The zero-order chi connectivity index (χ0) is 15.6. The highest BCUT2D eigenvalue weighted by atomic mass is 16.4. The number of hydrogen-bond acceptors (Lipinski definition) is 4. The van der Waals surface area contributed by atoms with Crippen LogP contribution in [0.1, 0.15) is 40.0 Å². The van der Waals surface area contributed by atoms with Crippen LogP contribution in [0.5, 0.6) is 0 Å². The number of carboxylic acids is 1. The largest absolute Gasteiger partial charge is 0.480 e. The van der Waals surface area contributed by atoms with E-state index in [0.29, 0.717) is 24.5 Å². The minimum Gasteiger partial charge on any atom is -0.480 e. The van der Waals surface area contributed by atoms with Gasteiger partial charge in [-0.25, -0.2) is 0 Å². The normalized spacial score (nSPS) is 31.0. The quantitative estimate of drug-likeness (QED) is 0.740. The lowest BCUT2D eigenvalue weighted by Crippen LogP contribution is -2.65. The van der Waals surface area contributed by atoms with Gasteiger partial charge in [0.2, 0.25) is 0 Å². The van der Waals surface area contributed by atoms with Gasteiger partial charge in [0.25, 0.3) is 0 Å². The second-order valence-corrected chi connectivity index (χ2v) is 7.04. The van der Waals surface area contributed by atoms with Gasteiger partial charge in [-0.3, -0.25) is 14.6 Å². The number of hydrogen-bond donors (Lipinski definition) is 2. The van der Waals surface area contributed by atoms with Gasteiger partial charge in [0.05, 0.1) is 0 Å². The molecule has 1 saturated heterocycles. The Kier molecular flexibility index (Phi) is 5.28. The van der Waals surface area contributed by atoms with E-state index in [-0.39, 0.29) is 0 Å². The summed E-state index contributed by atoms with van der Waals surface area (Å²) in [6.07, 6.45) is 3.06. The summed E-state index contributed by atoms with van der Waals surface area (Å²) in [5, 5.41) is 13.3. The lowest BCUT2D eigenvalue weighted by molar-refractivity contribution is -0.147. The molecule has 0 spiro atoms. The third kappa shape index (κ3) is 3.58. The van der Waals surface area contributed by atoms with Crippen LogP contribution in [0.3, 0.4) is 0 Å². The Bertz CT molecular complexity index is 361. The molecule has 0 radical (unpaired) electrons. The van der Waals surface area contributed by atoms with E-state index in [1.807, 2.05) is 0 Å².